The van der Waals surface area contributed by atoms with Gasteiger partial charge in [-0.1, -0.05) is 32.9 Å². The highest BCUT2D eigenvalue weighted by molar-refractivity contribution is 9.10. The third-order valence-electron chi connectivity index (χ3n) is 5.91. The van der Waals surface area contributed by atoms with Crippen LogP contribution >= 0.6 is 15.9 Å². The van der Waals surface area contributed by atoms with Gasteiger partial charge in [-0.05, 0) is 47.2 Å². The molecule has 1 N–H and O–H groups in total. The molecule has 1 nitrogen and oxygen atoms in total. The first-order valence-corrected chi connectivity index (χ1v) is 7.70. The molecular formula is C16H20BrFO. The zero-order valence-corrected chi connectivity index (χ0v) is 13.2. The second kappa shape index (κ2) is 3.82. The number of hydrogen-bond donors (Lipinski definition) is 1. The number of benzene rings is 1. The number of fused-ring (bicyclic) bond motifs is 2. The standard InChI is InChI=1S/C16H20BrFO/c1-14(2)10-7-8-15(3,9-10)16(14,19)11-5-4-6-12(17)13(11)18/h4-6,10,19H,7-9H2,1-3H3. The normalized spacial score (nSPS) is 39.8. The summed E-state index contributed by atoms with van der Waals surface area (Å²) in [5.41, 5.74) is -1.14. The minimum absolute atomic E-state index is 0.219. The van der Waals surface area contributed by atoms with Gasteiger partial charge in [0.15, 0.2) is 0 Å². The maximum atomic E-state index is 14.5. The number of rotatable bonds is 1. The Morgan fingerprint density at radius 2 is 2.00 bits per heavy atom. The topological polar surface area (TPSA) is 20.2 Å². The van der Waals surface area contributed by atoms with Crippen molar-refractivity contribution in [1.82, 2.24) is 0 Å². The van der Waals surface area contributed by atoms with Gasteiger partial charge in [0.25, 0.3) is 0 Å². The van der Waals surface area contributed by atoms with Crippen LogP contribution in [-0.4, -0.2) is 5.11 Å². The average molecular weight is 327 g/mol. The fourth-order valence-corrected chi connectivity index (χ4v) is 5.08. The van der Waals surface area contributed by atoms with Crippen molar-refractivity contribution >= 4 is 15.9 Å². The summed E-state index contributed by atoms with van der Waals surface area (Å²) in [6.07, 6.45) is 3.10. The Morgan fingerprint density at radius 1 is 1.32 bits per heavy atom. The summed E-state index contributed by atoms with van der Waals surface area (Å²) in [6.45, 7) is 6.28. The summed E-state index contributed by atoms with van der Waals surface area (Å²) in [4.78, 5) is 0. The molecule has 3 heteroatoms. The van der Waals surface area contributed by atoms with E-state index >= 15 is 0 Å². The predicted molar refractivity (Wildman–Crippen MR) is 77.2 cm³/mol. The largest absolute Gasteiger partial charge is 0.384 e. The fraction of sp³-hybridized carbons (Fsp3) is 0.625. The van der Waals surface area contributed by atoms with Crippen molar-refractivity contribution < 1.29 is 9.50 Å². The minimum atomic E-state index is -1.09. The molecule has 104 valence electrons. The van der Waals surface area contributed by atoms with Crippen molar-refractivity contribution in [2.75, 3.05) is 0 Å². The molecule has 0 heterocycles. The van der Waals surface area contributed by atoms with Crippen LogP contribution in [0.4, 0.5) is 4.39 Å². The fourth-order valence-electron chi connectivity index (χ4n) is 4.71. The molecular weight excluding hydrogens is 307 g/mol. The summed E-state index contributed by atoms with van der Waals surface area (Å²) < 4.78 is 15.0. The Kier molecular flexibility index (Phi) is 2.73. The van der Waals surface area contributed by atoms with Crippen LogP contribution in [0.5, 0.6) is 0 Å². The molecule has 0 radical (unpaired) electrons. The van der Waals surface area contributed by atoms with Crippen molar-refractivity contribution in [3.05, 3.63) is 34.1 Å². The molecule has 2 fully saturated rings. The van der Waals surface area contributed by atoms with E-state index in [0.717, 1.165) is 19.3 Å². The van der Waals surface area contributed by atoms with Crippen LogP contribution in [0.2, 0.25) is 0 Å². The van der Waals surface area contributed by atoms with E-state index in [1.54, 1.807) is 12.1 Å². The van der Waals surface area contributed by atoms with Crippen LogP contribution < -0.4 is 0 Å². The molecule has 19 heavy (non-hydrogen) atoms. The second-order valence-corrected chi connectivity index (χ2v) is 7.89. The van der Waals surface area contributed by atoms with Gasteiger partial charge < -0.3 is 5.11 Å². The van der Waals surface area contributed by atoms with Gasteiger partial charge in [-0.25, -0.2) is 4.39 Å². The van der Waals surface area contributed by atoms with E-state index in [9.17, 15) is 9.50 Å². The lowest BCUT2D eigenvalue weighted by molar-refractivity contribution is -0.152. The first kappa shape index (κ1) is 13.6. The molecule has 3 atom stereocenters. The van der Waals surface area contributed by atoms with E-state index in [-0.39, 0.29) is 16.6 Å². The van der Waals surface area contributed by atoms with Crippen molar-refractivity contribution in [1.29, 1.82) is 0 Å². The molecule has 3 rings (SSSR count). The van der Waals surface area contributed by atoms with Crippen molar-refractivity contribution in [3.63, 3.8) is 0 Å². The highest BCUT2D eigenvalue weighted by Gasteiger charge is 2.69. The van der Waals surface area contributed by atoms with Crippen LogP contribution in [0.3, 0.4) is 0 Å². The summed E-state index contributed by atoms with van der Waals surface area (Å²) >= 11 is 3.24. The maximum absolute atomic E-state index is 14.5. The highest BCUT2D eigenvalue weighted by atomic mass is 79.9. The van der Waals surface area contributed by atoms with Crippen LogP contribution in [0, 0.1) is 22.6 Å². The Labute approximate surface area is 122 Å². The first-order valence-electron chi connectivity index (χ1n) is 6.91. The smallest absolute Gasteiger partial charge is 0.143 e. The molecule has 3 unspecified atom stereocenters. The van der Waals surface area contributed by atoms with Gasteiger partial charge in [-0.3, -0.25) is 0 Å². The summed E-state index contributed by atoms with van der Waals surface area (Å²) in [7, 11) is 0. The lowest BCUT2D eigenvalue weighted by Crippen LogP contribution is -2.51. The molecule has 2 saturated carbocycles. The third-order valence-corrected chi connectivity index (χ3v) is 6.52. The Morgan fingerprint density at radius 3 is 2.58 bits per heavy atom. The van der Waals surface area contributed by atoms with E-state index in [1.165, 1.54) is 0 Å². The predicted octanol–water partition coefficient (Wildman–Crippen LogP) is 4.62. The summed E-state index contributed by atoms with van der Waals surface area (Å²) in [5, 5.41) is 11.5. The van der Waals surface area contributed by atoms with Crippen LogP contribution in [-0.2, 0) is 5.60 Å². The van der Waals surface area contributed by atoms with Gasteiger partial charge >= 0.3 is 0 Å². The van der Waals surface area contributed by atoms with E-state index in [2.05, 4.69) is 36.7 Å². The zero-order chi connectivity index (χ0) is 14.1. The van der Waals surface area contributed by atoms with Gasteiger partial charge in [0.1, 0.15) is 11.4 Å². The monoisotopic (exact) mass is 326 g/mol. The Bertz CT molecular complexity index is 535. The van der Waals surface area contributed by atoms with Crippen molar-refractivity contribution in [2.24, 2.45) is 16.7 Å². The van der Waals surface area contributed by atoms with E-state index in [4.69, 9.17) is 0 Å². The summed E-state index contributed by atoms with van der Waals surface area (Å²) in [5.74, 6) is 0.160. The average Bonchev–Trinajstić information content (AvgIpc) is 2.81. The minimum Gasteiger partial charge on any atom is -0.384 e. The molecule has 0 saturated heterocycles. The van der Waals surface area contributed by atoms with E-state index in [1.807, 2.05) is 6.07 Å². The Balaban J connectivity index is 2.25. The Hall–Kier alpha value is -0.410. The lowest BCUT2D eigenvalue weighted by atomic mass is 9.57. The second-order valence-electron chi connectivity index (χ2n) is 7.03. The molecule has 1 aromatic carbocycles. The van der Waals surface area contributed by atoms with Gasteiger partial charge in [-0.2, -0.15) is 0 Å². The van der Waals surface area contributed by atoms with Crippen molar-refractivity contribution in [3.8, 4) is 0 Å². The van der Waals surface area contributed by atoms with Crippen LogP contribution in [0.1, 0.15) is 45.6 Å². The third kappa shape index (κ3) is 1.43. The number of aliphatic hydroxyl groups is 1. The number of hydrogen-bond acceptors (Lipinski definition) is 1. The first-order chi connectivity index (χ1) is 8.74. The maximum Gasteiger partial charge on any atom is 0.143 e. The van der Waals surface area contributed by atoms with Gasteiger partial charge in [0.05, 0.1) is 4.47 Å². The SMILES string of the molecule is CC12CCC(C1)C(C)(C)C2(O)c1cccc(Br)c1F. The molecule has 2 aliphatic rings. The molecule has 0 aromatic heterocycles. The number of halogens is 2. The summed E-state index contributed by atoms with van der Waals surface area (Å²) in [6, 6.07) is 5.24. The van der Waals surface area contributed by atoms with Gasteiger partial charge in [0.2, 0.25) is 0 Å². The quantitative estimate of drug-likeness (QED) is 0.798. The van der Waals surface area contributed by atoms with E-state index in [0.29, 0.717) is 16.0 Å². The molecule has 0 spiro atoms. The van der Waals surface area contributed by atoms with Gasteiger partial charge in [0, 0.05) is 16.4 Å². The molecule has 2 bridgehead atoms. The highest BCUT2D eigenvalue weighted by Crippen LogP contribution is 2.72. The van der Waals surface area contributed by atoms with Crippen molar-refractivity contribution in [2.45, 2.75) is 45.6 Å². The molecule has 0 aliphatic heterocycles. The van der Waals surface area contributed by atoms with E-state index < -0.39 is 5.60 Å². The molecule has 2 aliphatic carbocycles. The molecule has 0 amide bonds. The lowest BCUT2D eigenvalue weighted by Gasteiger charge is -2.51. The molecule has 1 aromatic rings. The zero-order valence-electron chi connectivity index (χ0n) is 11.6. The van der Waals surface area contributed by atoms with Crippen LogP contribution in [0.25, 0.3) is 0 Å². The van der Waals surface area contributed by atoms with Gasteiger partial charge in [-0.15, -0.1) is 0 Å². The van der Waals surface area contributed by atoms with Crippen LogP contribution in [0.15, 0.2) is 22.7 Å².